The number of thioether (sulfide) groups is 1. The van der Waals surface area contributed by atoms with Gasteiger partial charge in [0, 0.05) is 35.7 Å². The number of amides is 1. The number of carbonyl (C=O) groups is 1. The first-order valence-electron chi connectivity index (χ1n) is 13.5. The van der Waals surface area contributed by atoms with Gasteiger partial charge in [-0.2, -0.15) is 0 Å². The van der Waals surface area contributed by atoms with E-state index in [1.807, 2.05) is 43.2 Å². The summed E-state index contributed by atoms with van der Waals surface area (Å²) in [5.41, 5.74) is 8.28. The zero-order valence-electron chi connectivity index (χ0n) is 22.7. The smallest absolute Gasteiger partial charge is 0.262 e. The van der Waals surface area contributed by atoms with Crippen molar-refractivity contribution in [2.45, 2.75) is 68.3 Å². The fourth-order valence-corrected chi connectivity index (χ4v) is 7.91. The lowest BCUT2D eigenvalue weighted by molar-refractivity contribution is -0.130. The fraction of sp³-hybridized carbons (Fsp3) is 0.467. The highest BCUT2D eigenvalue weighted by molar-refractivity contribution is 8.06. The molecule has 4 aliphatic rings. The van der Waals surface area contributed by atoms with Crippen molar-refractivity contribution in [2.24, 2.45) is 10.7 Å². The maximum atomic E-state index is 14.9. The molecule has 2 aliphatic carbocycles. The van der Waals surface area contributed by atoms with Crippen LogP contribution in [0.2, 0.25) is 0 Å². The Hall–Kier alpha value is -2.55. The number of benzene rings is 1. The third-order valence-electron chi connectivity index (χ3n) is 8.33. The molecule has 1 aromatic rings. The summed E-state index contributed by atoms with van der Waals surface area (Å²) in [6, 6.07) is 6.59. The number of nitrogens with zero attached hydrogens (tertiary/aromatic N) is 2. The monoisotopic (exact) mass is 570 g/mol. The van der Waals surface area contributed by atoms with Crippen LogP contribution in [0.15, 0.2) is 68.8 Å². The van der Waals surface area contributed by atoms with E-state index in [1.165, 1.54) is 17.8 Å². The second-order valence-corrected chi connectivity index (χ2v) is 12.7. The van der Waals surface area contributed by atoms with Crippen molar-refractivity contribution in [3.05, 3.63) is 75.0 Å². The molecule has 2 unspecified atom stereocenters. The predicted octanol–water partition coefficient (Wildman–Crippen LogP) is 5.70. The molecule has 9 heteroatoms. The van der Waals surface area contributed by atoms with Crippen molar-refractivity contribution in [3.63, 3.8) is 0 Å². The van der Waals surface area contributed by atoms with Crippen LogP contribution in [-0.4, -0.2) is 54.2 Å². The SMILES string of the molecule is CNC1CCC(N(Cc2cc(C3C=CC(N)=NC3)ccc2OC)C(=O)C2=C(Cl)C3=C(F)C=CCC3(C)S2)CC1. The van der Waals surface area contributed by atoms with Crippen LogP contribution in [-0.2, 0) is 11.3 Å². The summed E-state index contributed by atoms with van der Waals surface area (Å²) in [5, 5.41) is 3.62. The van der Waals surface area contributed by atoms with Gasteiger partial charge in [-0.25, -0.2) is 4.39 Å². The summed E-state index contributed by atoms with van der Waals surface area (Å²) >= 11 is 8.16. The first kappa shape index (κ1) is 28.0. The van der Waals surface area contributed by atoms with Crippen LogP contribution in [0.3, 0.4) is 0 Å². The van der Waals surface area contributed by atoms with Gasteiger partial charge in [0.25, 0.3) is 5.91 Å². The minimum absolute atomic E-state index is 0.0411. The minimum Gasteiger partial charge on any atom is -0.496 e. The molecular formula is C30H36ClFN4O2S. The van der Waals surface area contributed by atoms with Gasteiger partial charge in [-0.3, -0.25) is 9.79 Å². The van der Waals surface area contributed by atoms with E-state index in [0.717, 1.165) is 42.6 Å². The molecule has 39 heavy (non-hydrogen) atoms. The number of ether oxygens (including phenoxy) is 1. The Kier molecular flexibility index (Phi) is 8.26. The van der Waals surface area contributed by atoms with Crippen molar-refractivity contribution >= 4 is 35.1 Å². The molecule has 0 radical (unpaired) electrons. The first-order chi connectivity index (χ1) is 18.7. The fourth-order valence-electron chi connectivity index (χ4n) is 6.03. The quantitative estimate of drug-likeness (QED) is 0.439. The van der Waals surface area contributed by atoms with Crippen LogP contribution in [0.1, 0.15) is 56.1 Å². The van der Waals surface area contributed by atoms with Crippen LogP contribution >= 0.6 is 23.4 Å². The maximum absolute atomic E-state index is 14.9. The van der Waals surface area contributed by atoms with Crippen LogP contribution in [0.4, 0.5) is 4.39 Å². The molecule has 1 fully saturated rings. The average Bonchev–Trinajstić information content (AvgIpc) is 3.23. The van der Waals surface area contributed by atoms with Crippen LogP contribution in [0.25, 0.3) is 0 Å². The largest absolute Gasteiger partial charge is 0.496 e. The van der Waals surface area contributed by atoms with E-state index < -0.39 is 4.75 Å². The molecule has 1 amide bonds. The van der Waals surface area contributed by atoms with Gasteiger partial charge in [0.15, 0.2) is 0 Å². The normalized spacial score (nSPS) is 28.4. The van der Waals surface area contributed by atoms with Gasteiger partial charge in [-0.1, -0.05) is 29.8 Å². The summed E-state index contributed by atoms with van der Waals surface area (Å²) in [4.78, 5) is 21.1. The third kappa shape index (κ3) is 5.56. The Labute approximate surface area is 239 Å². The van der Waals surface area contributed by atoms with E-state index in [2.05, 4.69) is 22.5 Å². The molecule has 1 aromatic carbocycles. The maximum Gasteiger partial charge on any atom is 0.262 e. The number of fused-ring (bicyclic) bond motifs is 1. The lowest BCUT2D eigenvalue weighted by atomic mass is 9.89. The third-order valence-corrected chi connectivity index (χ3v) is 10.2. The zero-order valence-corrected chi connectivity index (χ0v) is 24.2. The molecule has 2 atom stereocenters. The number of carbonyl (C=O) groups excluding carboxylic acids is 1. The second kappa shape index (κ2) is 11.5. The number of rotatable bonds is 7. The summed E-state index contributed by atoms with van der Waals surface area (Å²) in [7, 11) is 3.63. The molecule has 6 nitrogen and oxygen atoms in total. The van der Waals surface area contributed by atoms with Gasteiger partial charge < -0.3 is 20.7 Å². The number of methoxy groups -OCH3 is 1. The molecule has 0 bridgehead atoms. The molecule has 0 saturated heterocycles. The lowest BCUT2D eigenvalue weighted by Crippen LogP contribution is -2.44. The number of nitrogens with two attached hydrogens (primary N) is 1. The molecule has 2 heterocycles. The average molecular weight is 571 g/mol. The van der Waals surface area contributed by atoms with Gasteiger partial charge in [0.05, 0.1) is 28.3 Å². The Morgan fingerprint density at radius 2 is 2.08 bits per heavy atom. The molecule has 2 aliphatic heterocycles. The van der Waals surface area contributed by atoms with E-state index in [4.69, 9.17) is 22.1 Å². The number of allylic oxidation sites excluding steroid dienone is 4. The van der Waals surface area contributed by atoms with Crippen molar-refractivity contribution in [1.82, 2.24) is 10.2 Å². The second-order valence-electron chi connectivity index (χ2n) is 10.8. The molecule has 5 rings (SSSR count). The van der Waals surface area contributed by atoms with Crippen molar-refractivity contribution in [3.8, 4) is 5.75 Å². The standard InChI is InChI=1S/C30H36ClFN4O2S/c1-30-14-4-5-23(32)26(30)27(31)28(39-30)29(37)36(22-10-8-21(34-2)9-11-22)17-20-15-18(6-12-24(20)38-3)19-7-13-25(33)35-16-19/h4-7,12-13,15,19,21-22,34H,8-11,14,16-17H2,1-3H3,(H2,33,35). The molecule has 3 N–H and O–H groups in total. The van der Waals surface area contributed by atoms with Gasteiger partial charge in [0.1, 0.15) is 17.4 Å². The Morgan fingerprint density at radius 1 is 1.31 bits per heavy atom. The zero-order chi connectivity index (χ0) is 27.7. The highest BCUT2D eigenvalue weighted by Crippen LogP contribution is 2.56. The highest BCUT2D eigenvalue weighted by atomic mass is 35.5. The van der Waals surface area contributed by atoms with Crippen molar-refractivity contribution in [2.75, 3.05) is 20.7 Å². The van der Waals surface area contributed by atoms with Crippen molar-refractivity contribution in [1.29, 1.82) is 0 Å². The van der Waals surface area contributed by atoms with Gasteiger partial charge in [-0.05, 0) is 75.9 Å². The summed E-state index contributed by atoms with van der Waals surface area (Å²) in [6.45, 7) is 2.91. The van der Waals surface area contributed by atoms with E-state index >= 15 is 0 Å². The number of hydrogen-bond acceptors (Lipinski definition) is 6. The Morgan fingerprint density at radius 3 is 2.72 bits per heavy atom. The van der Waals surface area contributed by atoms with E-state index in [-0.39, 0.29) is 28.7 Å². The van der Waals surface area contributed by atoms with E-state index in [0.29, 0.717) is 41.9 Å². The molecule has 1 saturated carbocycles. The predicted molar refractivity (Wildman–Crippen MR) is 158 cm³/mol. The van der Waals surface area contributed by atoms with Crippen LogP contribution in [0.5, 0.6) is 5.75 Å². The van der Waals surface area contributed by atoms with Crippen LogP contribution in [0, 0.1) is 0 Å². The van der Waals surface area contributed by atoms with E-state index in [1.54, 1.807) is 7.11 Å². The molecular weight excluding hydrogens is 535 g/mol. The summed E-state index contributed by atoms with van der Waals surface area (Å²) in [5.74, 6) is 0.856. The topological polar surface area (TPSA) is 79.9 Å². The number of amidine groups is 1. The van der Waals surface area contributed by atoms with Gasteiger partial charge in [0.2, 0.25) is 0 Å². The van der Waals surface area contributed by atoms with Crippen LogP contribution < -0.4 is 15.8 Å². The van der Waals surface area contributed by atoms with Gasteiger partial charge in [-0.15, -0.1) is 11.8 Å². The molecule has 0 aromatic heterocycles. The minimum atomic E-state index is -0.580. The van der Waals surface area contributed by atoms with Crippen molar-refractivity contribution < 1.29 is 13.9 Å². The summed E-state index contributed by atoms with van der Waals surface area (Å²) in [6.07, 6.45) is 11.5. The number of halogens is 2. The van der Waals surface area contributed by atoms with E-state index in [9.17, 15) is 9.18 Å². The lowest BCUT2D eigenvalue weighted by Gasteiger charge is -2.37. The molecule has 0 spiro atoms. The summed E-state index contributed by atoms with van der Waals surface area (Å²) < 4.78 is 20.0. The van der Waals surface area contributed by atoms with Gasteiger partial charge >= 0.3 is 0 Å². The Bertz CT molecular complexity index is 1300. The molecule has 208 valence electrons. The number of nitrogens with one attached hydrogen (secondary N) is 1. The number of dihydropyridines is 1. The Balaban J connectivity index is 1.49. The number of hydrogen-bond donors (Lipinski definition) is 2. The first-order valence-corrected chi connectivity index (χ1v) is 14.7. The highest BCUT2D eigenvalue weighted by Gasteiger charge is 2.46. The number of aliphatic imine (C=N–C) groups is 1.